The van der Waals surface area contributed by atoms with Gasteiger partial charge in [0.25, 0.3) is 0 Å². The lowest BCUT2D eigenvalue weighted by atomic mass is 10.2. The largest absolute Gasteiger partial charge is 0.377 e. The highest BCUT2D eigenvalue weighted by molar-refractivity contribution is 4.78. The molecule has 2 heteroatoms. The van der Waals surface area contributed by atoms with Crippen molar-refractivity contribution in [2.45, 2.75) is 52.2 Å². The van der Waals surface area contributed by atoms with Crippen LogP contribution in [-0.4, -0.2) is 36.7 Å². The van der Waals surface area contributed by atoms with Crippen LogP contribution in [0, 0.1) is 0 Å². The van der Waals surface area contributed by atoms with Crippen LogP contribution in [0.2, 0.25) is 0 Å². The maximum Gasteiger partial charge on any atom is 0.0625 e. The second-order valence-electron chi connectivity index (χ2n) is 4.21. The van der Waals surface area contributed by atoms with E-state index in [0.29, 0.717) is 12.1 Å². The Balaban J connectivity index is 2.22. The third-order valence-corrected chi connectivity index (χ3v) is 2.63. The second-order valence-corrected chi connectivity index (χ2v) is 4.21. The molecule has 0 bridgehead atoms. The molecule has 0 N–H and O–H groups in total. The van der Waals surface area contributed by atoms with E-state index in [1.54, 1.807) is 0 Å². The molecule has 2 nitrogen and oxygen atoms in total. The maximum atomic E-state index is 5.66. The molecule has 1 aliphatic rings. The lowest BCUT2D eigenvalue weighted by Gasteiger charge is -2.24. The van der Waals surface area contributed by atoms with Crippen molar-refractivity contribution >= 4 is 0 Å². The van der Waals surface area contributed by atoms with E-state index >= 15 is 0 Å². The molecule has 13 heavy (non-hydrogen) atoms. The molecule has 1 atom stereocenters. The van der Waals surface area contributed by atoms with Crippen molar-refractivity contribution in [2.75, 3.05) is 19.7 Å². The van der Waals surface area contributed by atoms with E-state index in [4.69, 9.17) is 4.74 Å². The van der Waals surface area contributed by atoms with Crippen LogP contribution < -0.4 is 0 Å². The van der Waals surface area contributed by atoms with Crippen LogP contribution in [0.5, 0.6) is 0 Å². The molecule has 0 aliphatic carbocycles. The van der Waals surface area contributed by atoms with E-state index in [0.717, 1.165) is 6.61 Å². The molecule has 78 valence electrons. The fourth-order valence-electron chi connectivity index (χ4n) is 1.97. The smallest absolute Gasteiger partial charge is 0.0625 e. The Labute approximate surface area is 82.3 Å². The molecular formula is C11H23NO. The normalized spacial score (nSPS) is 24.5. The van der Waals surface area contributed by atoms with Crippen LogP contribution in [0.15, 0.2) is 0 Å². The zero-order valence-corrected chi connectivity index (χ0v) is 9.25. The molecule has 0 saturated carbocycles. The Hall–Kier alpha value is -0.0800. The molecule has 1 unspecified atom stereocenters. The average molecular weight is 185 g/mol. The summed E-state index contributed by atoms with van der Waals surface area (Å²) in [4.78, 5) is 2.57. The van der Waals surface area contributed by atoms with Crippen molar-refractivity contribution in [1.82, 2.24) is 4.90 Å². The van der Waals surface area contributed by atoms with Crippen molar-refractivity contribution in [3.8, 4) is 0 Å². The van der Waals surface area contributed by atoms with E-state index in [9.17, 15) is 0 Å². The van der Waals surface area contributed by atoms with Gasteiger partial charge in [-0.3, -0.25) is 4.90 Å². The summed E-state index contributed by atoms with van der Waals surface area (Å²) in [7, 11) is 0. The number of hydrogen-bond acceptors (Lipinski definition) is 2. The minimum Gasteiger partial charge on any atom is -0.377 e. The fraction of sp³-hybridized carbons (Fsp3) is 1.00. The van der Waals surface area contributed by atoms with Gasteiger partial charge < -0.3 is 4.74 Å². The van der Waals surface area contributed by atoms with E-state index in [-0.39, 0.29) is 0 Å². The first kappa shape index (κ1) is 11.0. The highest BCUT2D eigenvalue weighted by Crippen LogP contribution is 2.17. The van der Waals surface area contributed by atoms with E-state index in [1.807, 2.05) is 0 Å². The van der Waals surface area contributed by atoms with Crippen molar-refractivity contribution < 1.29 is 4.74 Å². The van der Waals surface area contributed by atoms with Crippen LogP contribution in [0.4, 0.5) is 0 Å². The zero-order chi connectivity index (χ0) is 9.68. The third kappa shape index (κ3) is 3.65. The van der Waals surface area contributed by atoms with Gasteiger partial charge in [-0.2, -0.15) is 0 Å². The summed E-state index contributed by atoms with van der Waals surface area (Å²) in [5.74, 6) is 0. The van der Waals surface area contributed by atoms with Gasteiger partial charge in [-0.1, -0.05) is 6.92 Å². The molecule has 1 fully saturated rings. The summed E-state index contributed by atoms with van der Waals surface area (Å²) in [6.07, 6.45) is 4.32. The lowest BCUT2D eigenvalue weighted by molar-refractivity contribution is 0.0374. The van der Waals surface area contributed by atoms with Gasteiger partial charge in [0.15, 0.2) is 0 Å². The SMILES string of the molecule is CCCN1CCCC1COC(C)C. The second kappa shape index (κ2) is 5.61. The van der Waals surface area contributed by atoms with Crippen LogP contribution in [0.1, 0.15) is 40.0 Å². The Morgan fingerprint density at radius 2 is 2.23 bits per heavy atom. The molecule has 1 heterocycles. The molecule has 0 aromatic heterocycles. The first-order valence-electron chi connectivity index (χ1n) is 5.59. The summed E-state index contributed by atoms with van der Waals surface area (Å²) in [6, 6.07) is 0.697. The molecule has 0 amide bonds. The van der Waals surface area contributed by atoms with Gasteiger partial charge >= 0.3 is 0 Å². The summed E-state index contributed by atoms with van der Waals surface area (Å²) in [5, 5.41) is 0. The summed E-state index contributed by atoms with van der Waals surface area (Å²) >= 11 is 0. The monoisotopic (exact) mass is 185 g/mol. The number of likely N-dealkylation sites (tertiary alicyclic amines) is 1. The molecule has 0 radical (unpaired) electrons. The maximum absolute atomic E-state index is 5.66. The summed E-state index contributed by atoms with van der Waals surface area (Å²) in [5.41, 5.74) is 0. The predicted molar refractivity (Wildman–Crippen MR) is 56.0 cm³/mol. The number of rotatable bonds is 5. The van der Waals surface area contributed by atoms with Gasteiger partial charge in [0.2, 0.25) is 0 Å². The molecule has 0 aromatic carbocycles. The Bertz CT molecular complexity index is 136. The topological polar surface area (TPSA) is 12.5 Å². The molecule has 0 aromatic rings. The van der Waals surface area contributed by atoms with E-state index in [2.05, 4.69) is 25.7 Å². The molecular weight excluding hydrogens is 162 g/mol. The Morgan fingerprint density at radius 1 is 1.46 bits per heavy atom. The minimum atomic E-state index is 0.379. The standard InChI is InChI=1S/C11H23NO/c1-4-7-12-8-5-6-11(12)9-13-10(2)3/h10-11H,4-9H2,1-3H3. The van der Waals surface area contributed by atoms with E-state index in [1.165, 1.54) is 32.4 Å². The number of ether oxygens (including phenoxy) is 1. The molecule has 1 aliphatic heterocycles. The van der Waals surface area contributed by atoms with Crippen molar-refractivity contribution in [3.63, 3.8) is 0 Å². The minimum absolute atomic E-state index is 0.379. The zero-order valence-electron chi connectivity index (χ0n) is 9.25. The predicted octanol–water partition coefficient (Wildman–Crippen LogP) is 2.29. The van der Waals surface area contributed by atoms with Crippen molar-refractivity contribution in [3.05, 3.63) is 0 Å². The molecule has 1 rings (SSSR count). The Kier molecular flexibility index (Phi) is 4.74. The molecule has 0 spiro atoms. The van der Waals surface area contributed by atoms with Gasteiger partial charge in [0.1, 0.15) is 0 Å². The average Bonchev–Trinajstić information content (AvgIpc) is 2.49. The van der Waals surface area contributed by atoms with Gasteiger partial charge in [0, 0.05) is 6.04 Å². The summed E-state index contributed by atoms with van der Waals surface area (Å²) in [6.45, 7) is 9.92. The summed E-state index contributed by atoms with van der Waals surface area (Å²) < 4.78 is 5.66. The van der Waals surface area contributed by atoms with Gasteiger partial charge in [-0.25, -0.2) is 0 Å². The van der Waals surface area contributed by atoms with Crippen LogP contribution >= 0.6 is 0 Å². The van der Waals surface area contributed by atoms with Gasteiger partial charge in [0.05, 0.1) is 12.7 Å². The lowest BCUT2D eigenvalue weighted by Crippen LogP contribution is -2.34. The number of nitrogens with zero attached hydrogens (tertiary/aromatic N) is 1. The van der Waals surface area contributed by atoms with Crippen LogP contribution in [0.3, 0.4) is 0 Å². The third-order valence-electron chi connectivity index (χ3n) is 2.63. The van der Waals surface area contributed by atoms with Gasteiger partial charge in [-0.05, 0) is 46.2 Å². The van der Waals surface area contributed by atoms with Gasteiger partial charge in [-0.15, -0.1) is 0 Å². The van der Waals surface area contributed by atoms with E-state index < -0.39 is 0 Å². The van der Waals surface area contributed by atoms with Crippen LogP contribution in [0.25, 0.3) is 0 Å². The number of hydrogen-bond donors (Lipinski definition) is 0. The quantitative estimate of drug-likeness (QED) is 0.651. The highest BCUT2D eigenvalue weighted by Gasteiger charge is 2.23. The van der Waals surface area contributed by atoms with Crippen LogP contribution in [-0.2, 0) is 4.74 Å². The van der Waals surface area contributed by atoms with Crippen molar-refractivity contribution in [1.29, 1.82) is 0 Å². The molecule has 1 saturated heterocycles. The first-order valence-corrected chi connectivity index (χ1v) is 5.59. The fourth-order valence-corrected chi connectivity index (χ4v) is 1.97. The Morgan fingerprint density at radius 3 is 2.85 bits per heavy atom. The van der Waals surface area contributed by atoms with Crippen molar-refractivity contribution in [2.24, 2.45) is 0 Å². The first-order chi connectivity index (χ1) is 6.24. The highest BCUT2D eigenvalue weighted by atomic mass is 16.5.